The normalized spacial score (nSPS) is 23.5. The number of benzene rings is 1. The van der Waals surface area contributed by atoms with Gasteiger partial charge < -0.3 is 14.2 Å². The van der Waals surface area contributed by atoms with Gasteiger partial charge in [0, 0.05) is 43.6 Å². The van der Waals surface area contributed by atoms with Crippen molar-refractivity contribution in [2.24, 2.45) is 5.41 Å². The van der Waals surface area contributed by atoms with Crippen molar-refractivity contribution >= 4 is 5.91 Å². The molecule has 3 heterocycles. The predicted octanol–water partition coefficient (Wildman–Crippen LogP) is 2.85. The Bertz CT molecular complexity index is 843. The molecule has 1 aromatic carbocycles. The van der Waals surface area contributed by atoms with Crippen molar-refractivity contribution in [3.05, 3.63) is 52.4 Å². The smallest absolute Gasteiger partial charge is 0.223 e. The number of hydrogen-bond acceptors (Lipinski definition) is 5. The molecule has 2 aliphatic heterocycles. The lowest BCUT2D eigenvalue weighted by Crippen LogP contribution is -2.40. The number of amides is 1. The minimum atomic E-state index is -0.142. The molecule has 6 heteroatoms. The first kappa shape index (κ1) is 19.2. The molecule has 0 N–H and O–H groups in total. The fraction of sp³-hybridized carbons (Fsp3) is 0.545. The predicted molar refractivity (Wildman–Crippen MR) is 106 cm³/mol. The summed E-state index contributed by atoms with van der Waals surface area (Å²) in [7, 11) is 0. The number of carbonyl (C=O) groups is 1. The van der Waals surface area contributed by atoms with Crippen molar-refractivity contribution in [1.29, 1.82) is 0 Å². The van der Waals surface area contributed by atoms with Crippen LogP contribution in [0.3, 0.4) is 0 Å². The summed E-state index contributed by atoms with van der Waals surface area (Å²) >= 11 is 0. The highest BCUT2D eigenvalue weighted by molar-refractivity contribution is 5.79. The largest absolute Gasteiger partial charge is 0.379 e. The van der Waals surface area contributed by atoms with E-state index < -0.39 is 0 Å². The number of carbonyl (C=O) groups excluding carboxylic acids is 1. The van der Waals surface area contributed by atoms with Crippen LogP contribution in [0.15, 0.2) is 28.8 Å². The molecule has 0 aliphatic carbocycles. The maximum atomic E-state index is 12.8. The third-order valence-corrected chi connectivity index (χ3v) is 5.94. The van der Waals surface area contributed by atoms with E-state index in [0.717, 1.165) is 43.2 Å². The summed E-state index contributed by atoms with van der Waals surface area (Å²) in [6.45, 7) is 11.3. The first-order valence-electron chi connectivity index (χ1n) is 9.99. The molecule has 0 radical (unpaired) electrons. The van der Waals surface area contributed by atoms with Crippen LogP contribution in [-0.2, 0) is 22.6 Å². The Hall–Kier alpha value is -2.18. The van der Waals surface area contributed by atoms with Crippen LogP contribution in [0.5, 0.6) is 0 Å². The monoisotopic (exact) mass is 383 g/mol. The molecule has 0 saturated carbocycles. The quantitative estimate of drug-likeness (QED) is 0.813. The van der Waals surface area contributed by atoms with Crippen LogP contribution in [0, 0.1) is 26.2 Å². The summed E-state index contributed by atoms with van der Waals surface area (Å²) in [6.07, 6.45) is 0.542. The Balaban J connectivity index is 1.48. The molecule has 2 saturated heterocycles. The van der Waals surface area contributed by atoms with E-state index in [1.165, 1.54) is 11.1 Å². The first-order chi connectivity index (χ1) is 13.4. The molecule has 2 fully saturated rings. The maximum absolute atomic E-state index is 12.8. The fourth-order valence-corrected chi connectivity index (χ4v) is 4.53. The summed E-state index contributed by atoms with van der Waals surface area (Å²) in [5.74, 6) is 0.991. The number of ether oxygens (including phenoxy) is 1. The van der Waals surface area contributed by atoms with Gasteiger partial charge in [0.1, 0.15) is 5.76 Å². The van der Waals surface area contributed by atoms with E-state index in [-0.39, 0.29) is 11.3 Å². The second kappa shape index (κ2) is 7.68. The standard InChI is InChI=1S/C22H29N3O3/c1-16-5-4-6-19(9-16)11-24-7-8-27-15-22(13-24)10-21(26)25(14-22)12-20-17(2)23-28-18(20)3/h4-6,9H,7-8,10-15H2,1-3H3/t22-/m1/s1. The SMILES string of the molecule is Cc1cccc(CN2CCOC[C@]3(CC(=O)N(Cc4c(C)noc4C)C3)C2)c1. The molecule has 4 rings (SSSR count). The van der Waals surface area contributed by atoms with Crippen molar-refractivity contribution in [1.82, 2.24) is 15.0 Å². The molecule has 0 bridgehead atoms. The third kappa shape index (κ3) is 3.98. The topological polar surface area (TPSA) is 58.8 Å². The lowest BCUT2D eigenvalue weighted by Gasteiger charge is -2.31. The zero-order valence-corrected chi connectivity index (χ0v) is 17.0. The highest BCUT2D eigenvalue weighted by Gasteiger charge is 2.45. The lowest BCUT2D eigenvalue weighted by atomic mass is 9.87. The Kier molecular flexibility index (Phi) is 5.25. The van der Waals surface area contributed by atoms with Gasteiger partial charge in [-0.05, 0) is 26.3 Å². The number of aryl methyl sites for hydroxylation is 3. The Labute approximate surface area is 166 Å². The van der Waals surface area contributed by atoms with E-state index in [0.29, 0.717) is 26.2 Å². The summed E-state index contributed by atoms with van der Waals surface area (Å²) in [5.41, 5.74) is 4.34. The van der Waals surface area contributed by atoms with E-state index in [2.05, 4.69) is 41.2 Å². The average molecular weight is 383 g/mol. The molecule has 6 nitrogen and oxygen atoms in total. The molecule has 1 amide bonds. The number of rotatable bonds is 4. The molecule has 2 aromatic rings. The van der Waals surface area contributed by atoms with Crippen molar-refractivity contribution < 1.29 is 14.1 Å². The van der Waals surface area contributed by atoms with Gasteiger partial charge in [-0.15, -0.1) is 0 Å². The van der Waals surface area contributed by atoms with Crippen molar-refractivity contribution in [2.75, 3.05) is 32.8 Å². The van der Waals surface area contributed by atoms with E-state index in [1.54, 1.807) is 0 Å². The minimum Gasteiger partial charge on any atom is -0.379 e. The Morgan fingerprint density at radius 3 is 2.79 bits per heavy atom. The van der Waals surface area contributed by atoms with E-state index >= 15 is 0 Å². The van der Waals surface area contributed by atoms with Gasteiger partial charge in [-0.25, -0.2) is 0 Å². The molecule has 1 atom stereocenters. The van der Waals surface area contributed by atoms with E-state index in [9.17, 15) is 4.79 Å². The molecule has 28 heavy (non-hydrogen) atoms. The van der Waals surface area contributed by atoms with Gasteiger partial charge in [0.15, 0.2) is 0 Å². The van der Waals surface area contributed by atoms with Gasteiger partial charge in [0.25, 0.3) is 0 Å². The van der Waals surface area contributed by atoms with Crippen LogP contribution < -0.4 is 0 Å². The Morgan fingerprint density at radius 2 is 2.04 bits per heavy atom. The fourth-order valence-electron chi connectivity index (χ4n) is 4.53. The third-order valence-electron chi connectivity index (χ3n) is 5.94. The Morgan fingerprint density at radius 1 is 1.18 bits per heavy atom. The van der Waals surface area contributed by atoms with Crippen LogP contribution in [0.1, 0.15) is 34.6 Å². The number of hydrogen-bond donors (Lipinski definition) is 0. The first-order valence-corrected chi connectivity index (χ1v) is 9.99. The van der Waals surface area contributed by atoms with Crippen molar-refractivity contribution in [3.63, 3.8) is 0 Å². The van der Waals surface area contributed by atoms with Crippen LogP contribution in [0.25, 0.3) is 0 Å². The second-order valence-electron chi connectivity index (χ2n) is 8.48. The van der Waals surface area contributed by atoms with Gasteiger partial charge in [-0.1, -0.05) is 35.0 Å². The molecule has 2 aliphatic rings. The van der Waals surface area contributed by atoms with Gasteiger partial charge in [-0.3, -0.25) is 9.69 Å². The van der Waals surface area contributed by atoms with Gasteiger partial charge in [0.2, 0.25) is 5.91 Å². The summed E-state index contributed by atoms with van der Waals surface area (Å²) in [6, 6.07) is 8.65. The van der Waals surface area contributed by atoms with Gasteiger partial charge in [-0.2, -0.15) is 0 Å². The van der Waals surface area contributed by atoms with Gasteiger partial charge >= 0.3 is 0 Å². The number of likely N-dealkylation sites (tertiary alicyclic amines) is 1. The van der Waals surface area contributed by atoms with Gasteiger partial charge in [0.05, 0.1) is 25.5 Å². The lowest BCUT2D eigenvalue weighted by molar-refractivity contribution is -0.128. The van der Waals surface area contributed by atoms with Crippen molar-refractivity contribution in [3.8, 4) is 0 Å². The molecule has 1 aromatic heterocycles. The zero-order valence-electron chi connectivity index (χ0n) is 17.0. The van der Waals surface area contributed by atoms with E-state index in [1.807, 2.05) is 18.7 Å². The molecule has 150 valence electrons. The highest BCUT2D eigenvalue weighted by Crippen LogP contribution is 2.36. The average Bonchev–Trinajstić information content (AvgIpc) is 3.03. The van der Waals surface area contributed by atoms with Crippen LogP contribution in [0.4, 0.5) is 0 Å². The minimum absolute atomic E-state index is 0.142. The van der Waals surface area contributed by atoms with Crippen molar-refractivity contribution in [2.45, 2.75) is 40.3 Å². The van der Waals surface area contributed by atoms with Crippen LogP contribution in [0.2, 0.25) is 0 Å². The second-order valence-corrected chi connectivity index (χ2v) is 8.48. The zero-order chi connectivity index (χ0) is 19.7. The van der Waals surface area contributed by atoms with Crippen LogP contribution >= 0.6 is 0 Å². The molecular weight excluding hydrogens is 354 g/mol. The van der Waals surface area contributed by atoms with Crippen LogP contribution in [-0.4, -0.2) is 53.7 Å². The summed E-state index contributed by atoms with van der Waals surface area (Å²) in [5, 5.41) is 4.02. The molecule has 1 spiro atoms. The number of aromatic nitrogens is 1. The van der Waals surface area contributed by atoms with E-state index in [4.69, 9.17) is 9.26 Å². The molecular formula is C22H29N3O3. The summed E-state index contributed by atoms with van der Waals surface area (Å²) in [4.78, 5) is 17.2. The number of nitrogens with zero attached hydrogens (tertiary/aromatic N) is 3. The maximum Gasteiger partial charge on any atom is 0.223 e. The summed E-state index contributed by atoms with van der Waals surface area (Å²) < 4.78 is 11.2. The highest BCUT2D eigenvalue weighted by atomic mass is 16.5. The molecule has 0 unspecified atom stereocenters.